The topological polar surface area (TPSA) is 67.3 Å². The van der Waals surface area contributed by atoms with Crippen molar-refractivity contribution in [2.45, 2.75) is 6.92 Å². The summed E-state index contributed by atoms with van der Waals surface area (Å²) < 4.78 is 32.0. The summed E-state index contributed by atoms with van der Waals surface area (Å²) in [5, 5.41) is 10.3. The number of aromatic nitrogens is 2. The molecule has 6 nitrogen and oxygen atoms in total. The van der Waals surface area contributed by atoms with Crippen molar-refractivity contribution in [3.05, 3.63) is 71.9 Å². The number of anilines is 2. The van der Waals surface area contributed by atoms with Crippen LogP contribution in [0.1, 0.15) is 5.69 Å². The van der Waals surface area contributed by atoms with E-state index in [-0.39, 0.29) is 5.69 Å². The number of halogens is 2. The highest BCUT2D eigenvalue weighted by atomic mass is 19.1. The molecular weight excluding hydrogens is 354 g/mol. The van der Waals surface area contributed by atoms with Crippen molar-refractivity contribution in [3.8, 4) is 11.6 Å². The largest absolute Gasteiger partial charge is 0.438 e. The van der Waals surface area contributed by atoms with Crippen molar-refractivity contribution in [2.75, 3.05) is 17.3 Å². The molecule has 138 valence electrons. The molecular formula is C19H16F2N4O2. The minimum atomic E-state index is -0.770. The summed E-state index contributed by atoms with van der Waals surface area (Å²) in [5.74, 6) is -0.659. The molecule has 0 unspecified atom stereocenters. The maximum absolute atomic E-state index is 13.2. The second kappa shape index (κ2) is 7.77. The normalized spacial score (nSPS) is 10.4. The van der Waals surface area contributed by atoms with Crippen LogP contribution < -0.4 is 15.0 Å². The summed E-state index contributed by atoms with van der Waals surface area (Å²) in [6.45, 7) is 1.82. The molecule has 2 amide bonds. The Morgan fingerprint density at radius 1 is 1.00 bits per heavy atom. The third kappa shape index (κ3) is 4.75. The highest BCUT2D eigenvalue weighted by molar-refractivity contribution is 6.01. The van der Waals surface area contributed by atoms with Crippen molar-refractivity contribution < 1.29 is 18.3 Å². The smallest absolute Gasteiger partial charge is 0.326 e. The van der Waals surface area contributed by atoms with Crippen LogP contribution in [0.3, 0.4) is 0 Å². The van der Waals surface area contributed by atoms with E-state index in [0.717, 1.165) is 23.9 Å². The lowest BCUT2D eigenvalue weighted by Gasteiger charge is -2.18. The molecule has 0 spiro atoms. The van der Waals surface area contributed by atoms with Gasteiger partial charge in [-0.1, -0.05) is 0 Å². The van der Waals surface area contributed by atoms with Crippen LogP contribution in [-0.4, -0.2) is 23.3 Å². The Kier molecular flexibility index (Phi) is 5.25. The van der Waals surface area contributed by atoms with Gasteiger partial charge in [-0.05, 0) is 49.4 Å². The Morgan fingerprint density at radius 2 is 1.67 bits per heavy atom. The summed E-state index contributed by atoms with van der Waals surface area (Å²) in [6, 6.07) is 12.4. The van der Waals surface area contributed by atoms with E-state index in [4.69, 9.17) is 4.74 Å². The first-order valence-corrected chi connectivity index (χ1v) is 8.00. The number of carbonyl (C=O) groups is 1. The molecule has 1 N–H and O–H groups in total. The SMILES string of the molecule is Cc1ccc(Oc2ccc(N(C)C(=O)Nc3cc(F)cc(F)c3)cc2)nn1. The Morgan fingerprint density at radius 3 is 2.26 bits per heavy atom. The lowest BCUT2D eigenvalue weighted by molar-refractivity contribution is 0.258. The predicted octanol–water partition coefficient (Wildman–Crippen LogP) is 4.52. The molecule has 0 saturated carbocycles. The Bertz CT molecular complexity index is 927. The van der Waals surface area contributed by atoms with Crippen molar-refractivity contribution in [1.82, 2.24) is 10.2 Å². The zero-order valence-electron chi connectivity index (χ0n) is 14.6. The van der Waals surface area contributed by atoms with Gasteiger partial charge in [0.15, 0.2) is 0 Å². The molecule has 0 aliphatic rings. The number of amides is 2. The number of ether oxygens (including phenoxy) is 1. The van der Waals surface area contributed by atoms with Gasteiger partial charge in [0, 0.05) is 30.6 Å². The highest BCUT2D eigenvalue weighted by Gasteiger charge is 2.12. The van der Waals surface area contributed by atoms with Crippen LogP contribution in [-0.2, 0) is 0 Å². The second-order valence-corrected chi connectivity index (χ2v) is 5.76. The Hall–Kier alpha value is -3.55. The van der Waals surface area contributed by atoms with E-state index in [2.05, 4.69) is 15.5 Å². The van der Waals surface area contributed by atoms with Crippen molar-refractivity contribution in [1.29, 1.82) is 0 Å². The number of hydrogen-bond donors (Lipinski definition) is 1. The summed E-state index contributed by atoms with van der Waals surface area (Å²) >= 11 is 0. The molecule has 1 heterocycles. The van der Waals surface area contributed by atoms with Gasteiger partial charge < -0.3 is 10.1 Å². The maximum Gasteiger partial charge on any atom is 0.326 e. The molecule has 1 aromatic heterocycles. The average molecular weight is 370 g/mol. The summed E-state index contributed by atoms with van der Waals surface area (Å²) in [5.41, 5.74) is 1.37. The van der Waals surface area contributed by atoms with Gasteiger partial charge in [-0.15, -0.1) is 5.10 Å². The quantitative estimate of drug-likeness (QED) is 0.733. The fraction of sp³-hybridized carbons (Fsp3) is 0.105. The van der Waals surface area contributed by atoms with Gasteiger partial charge in [0.1, 0.15) is 17.4 Å². The monoisotopic (exact) mass is 370 g/mol. The first kappa shape index (κ1) is 18.2. The summed E-state index contributed by atoms with van der Waals surface area (Å²) in [4.78, 5) is 13.6. The zero-order chi connectivity index (χ0) is 19.4. The number of hydrogen-bond acceptors (Lipinski definition) is 4. The van der Waals surface area contributed by atoms with Crippen LogP contribution in [0.5, 0.6) is 11.6 Å². The molecule has 2 aromatic carbocycles. The number of nitrogens with zero attached hydrogens (tertiary/aromatic N) is 3. The molecule has 27 heavy (non-hydrogen) atoms. The number of aryl methyl sites for hydroxylation is 1. The number of nitrogens with one attached hydrogen (secondary N) is 1. The van der Waals surface area contributed by atoms with E-state index >= 15 is 0 Å². The van der Waals surface area contributed by atoms with E-state index < -0.39 is 17.7 Å². The molecule has 0 atom stereocenters. The highest BCUT2D eigenvalue weighted by Crippen LogP contribution is 2.23. The van der Waals surface area contributed by atoms with Crippen LogP contribution in [0.15, 0.2) is 54.6 Å². The minimum Gasteiger partial charge on any atom is -0.438 e. The van der Waals surface area contributed by atoms with Gasteiger partial charge >= 0.3 is 6.03 Å². The molecule has 0 bridgehead atoms. The molecule has 0 aliphatic carbocycles. The molecule has 0 aliphatic heterocycles. The lowest BCUT2D eigenvalue weighted by atomic mass is 10.3. The van der Waals surface area contributed by atoms with Gasteiger partial charge in [0.25, 0.3) is 0 Å². The van der Waals surface area contributed by atoms with Gasteiger partial charge in [-0.2, -0.15) is 5.10 Å². The van der Waals surface area contributed by atoms with Crippen LogP contribution in [0, 0.1) is 18.6 Å². The number of carbonyl (C=O) groups excluding carboxylic acids is 1. The van der Waals surface area contributed by atoms with E-state index in [1.165, 1.54) is 11.9 Å². The van der Waals surface area contributed by atoms with Crippen LogP contribution in [0.4, 0.5) is 25.0 Å². The fourth-order valence-electron chi connectivity index (χ4n) is 2.25. The van der Waals surface area contributed by atoms with Crippen molar-refractivity contribution in [3.63, 3.8) is 0 Å². The van der Waals surface area contributed by atoms with Crippen molar-refractivity contribution >= 4 is 17.4 Å². The molecule has 0 fully saturated rings. The van der Waals surface area contributed by atoms with Gasteiger partial charge in [0.05, 0.1) is 5.69 Å². The van der Waals surface area contributed by atoms with Crippen molar-refractivity contribution in [2.24, 2.45) is 0 Å². The molecule has 8 heteroatoms. The molecule has 3 aromatic rings. The second-order valence-electron chi connectivity index (χ2n) is 5.76. The first-order valence-electron chi connectivity index (χ1n) is 8.00. The fourth-order valence-corrected chi connectivity index (χ4v) is 2.25. The van der Waals surface area contributed by atoms with Gasteiger partial charge in [0.2, 0.25) is 5.88 Å². The predicted molar refractivity (Wildman–Crippen MR) is 97.1 cm³/mol. The van der Waals surface area contributed by atoms with Gasteiger partial charge in [-0.25, -0.2) is 13.6 Å². The lowest BCUT2D eigenvalue weighted by Crippen LogP contribution is -2.31. The summed E-state index contributed by atoms with van der Waals surface area (Å²) in [6.07, 6.45) is 0. The van der Waals surface area contributed by atoms with Crippen LogP contribution in [0.2, 0.25) is 0 Å². The third-order valence-electron chi connectivity index (χ3n) is 3.64. The zero-order valence-corrected chi connectivity index (χ0v) is 14.6. The van der Waals surface area contributed by atoms with E-state index in [0.29, 0.717) is 17.3 Å². The first-order chi connectivity index (χ1) is 12.9. The average Bonchev–Trinajstić information content (AvgIpc) is 2.63. The number of rotatable bonds is 4. The standard InChI is InChI=1S/C19H16F2N4O2/c1-12-3-8-18(24-23-12)27-17-6-4-16(5-7-17)25(2)19(26)22-15-10-13(20)9-14(21)11-15/h3-11H,1-2H3,(H,22,26). The summed E-state index contributed by atoms with van der Waals surface area (Å²) in [7, 11) is 1.53. The van der Waals surface area contributed by atoms with E-state index in [1.807, 2.05) is 6.92 Å². The number of urea groups is 1. The maximum atomic E-state index is 13.2. The van der Waals surface area contributed by atoms with Crippen LogP contribution >= 0.6 is 0 Å². The molecule has 3 rings (SSSR count). The van der Waals surface area contributed by atoms with E-state index in [1.54, 1.807) is 36.4 Å². The minimum absolute atomic E-state index is 0.0299. The molecule has 0 saturated heterocycles. The number of benzene rings is 2. The van der Waals surface area contributed by atoms with E-state index in [9.17, 15) is 13.6 Å². The van der Waals surface area contributed by atoms with Crippen LogP contribution in [0.25, 0.3) is 0 Å². The third-order valence-corrected chi connectivity index (χ3v) is 3.64. The Labute approximate surface area is 154 Å². The Balaban J connectivity index is 1.66. The molecule has 0 radical (unpaired) electrons. The van der Waals surface area contributed by atoms with Gasteiger partial charge in [-0.3, -0.25) is 4.90 Å².